The molecule has 0 aliphatic rings. The molecule has 0 spiro atoms. The lowest BCUT2D eigenvalue weighted by Gasteiger charge is -2.31. The molecule has 0 unspecified atom stereocenters. The third kappa shape index (κ3) is 7.53. The van der Waals surface area contributed by atoms with E-state index in [1.54, 1.807) is 31.2 Å². The molecular formula is C23H30ClN3O4S. The average Bonchev–Trinajstić information content (AvgIpc) is 2.72. The second kappa shape index (κ2) is 11.3. The van der Waals surface area contributed by atoms with Gasteiger partial charge in [-0.05, 0) is 57.0 Å². The van der Waals surface area contributed by atoms with Gasteiger partial charge < -0.3 is 10.2 Å². The number of anilines is 1. The Balaban J connectivity index is 2.29. The second-order valence-electron chi connectivity index (χ2n) is 7.91. The molecule has 7 nitrogen and oxygen atoms in total. The maximum atomic E-state index is 13.3. The SMILES string of the molecule is CC(C)NC(=O)[C@@H](C)N(CCc1ccccc1)C(=O)CN(c1ccc(Cl)cc1)S(C)(=O)=O. The Bertz CT molecular complexity index is 1010. The van der Waals surface area contributed by atoms with Crippen LogP contribution in [-0.2, 0) is 26.0 Å². The number of carbonyl (C=O) groups excluding carboxylic acids is 2. The van der Waals surface area contributed by atoms with E-state index in [1.165, 1.54) is 4.90 Å². The number of rotatable bonds is 10. The highest BCUT2D eigenvalue weighted by Gasteiger charge is 2.29. The van der Waals surface area contributed by atoms with Crippen LogP contribution in [0.2, 0.25) is 5.02 Å². The van der Waals surface area contributed by atoms with Crippen molar-refractivity contribution >= 4 is 39.1 Å². The first-order valence-electron chi connectivity index (χ1n) is 10.4. The van der Waals surface area contributed by atoms with Gasteiger partial charge in [0.1, 0.15) is 12.6 Å². The maximum Gasteiger partial charge on any atom is 0.244 e. The van der Waals surface area contributed by atoms with Gasteiger partial charge in [-0.1, -0.05) is 41.9 Å². The van der Waals surface area contributed by atoms with Gasteiger partial charge in [0, 0.05) is 17.6 Å². The van der Waals surface area contributed by atoms with Gasteiger partial charge in [0.05, 0.1) is 11.9 Å². The van der Waals surface area contributed by atoms with Crippen LogP contribution in [0.1, 0.15) is 26.3 Å². The number of hydrogen-bond acceptors (Lipinski definition) is 4. The zero-order valence-corrected chi connectivity index (χ0v) is 20.4. The Morgan fingerprint density at radius 2 is 1.59 bits per heavy atom. The van der Waals surface area contributed by atoms with Crippen molar-refractivity contribution in [2.45, 2.75) is 39.3 Å². The molecule has 32 heavy (non-hydrogen) atoms. The van der Waals surface area contributed by atoms with Gasteiger partial charge >= 0.3 is 0 Å². The Kier molecular flexibility index (Phi) is 9.09. The molecule has 174 valence electrons. The molecule has 0 aliphatic heterocycles. The third-order valence-corrected chi connectivity index (χ3v) is 6.27. The van der Waals surface area contributed by atoms with E-state index >= 15 is 0 Å². The Labute approximate surface area is 195 Å². The molecule has 0 heterocycles. The minimum absolute atomic E-state index is 0.0855. The summed E-state index contributed by atoms with van der Waals surface area (Å²) >= 11 is 5.92. The Hall–Kier alpha value is -2.58. The third-order valence-electron chi connectivity index (χ3n) is 4.88. The Morgan fingerprint density at radius 3 is 2.12 bits per heavy atom. The predicted molar refractivity (Wildman–Crippen MR) is 128 cm³/mol. The standard InChI is InChI=1S/C23H30ClN3O4S/c1-17(2)25-23(29)18(3)26(15-14-19-8-6-5-7-9-19)22(28)16-27(32(4,30)31)21-12-10-20(24)11-13-21/h5-13,17-18H,14-16H2,1-4H3,(H,25,29)/t18-/m1/s1. The number of amides is 2. The van der Waals surface area contributed by atoms with Crippen molar-refractivity contribution in [2.24, 2.45) is 0 Å². The van der Waals surface area contributed by atoms with Crippen LogP contribution in [0.3, 0.4) is 0 Å². The van der Waals surface area contributed by atoms with Gasteiger partial charge in [0.25, 0.3) is 0 Å². The summed E-state index contributed by atoms with van der Waals surface area (Å²) in [5.41, 5.74) is 1.34. The number of hydrogen-bond donors (Lipinski definition) is 1. The summed E-state index contributed by atoms with van der Waals surface area (Å²) < 4.78 is 25.9. The first kappa shape index (κ1) is 25.7. The molecule has 2 aromatic carbocycles. The van der Waals surface area contributed by atoms with E-state index in [-0.39, 0.29) is 18.5 Å². The van der Waals surface area contributed by atoms with Crippen LogP contribution in [0.4, 0.5) is 5.69 Å². The normalized spacial score (nSPS) is 12.3. The molecule has 0 saturated carbocycles. The van der Waals surface area contributed by atoms with Crippen molar-refractivity contribution in [1.29, 1.82) is 0 Å². The lowest BCUT2D eigenvalue weighted by atomic mass is 10.1. The number of sulfonamides is 1. The van der Waals surface area contributed by atoms with E-state index in [4.69, 9.17) is 11.6 Å². The van der Waals surface area contributed by atoms with Crippen molar-refractivity contribution in [1.82, 2.24) is 10.2 Å². The summed E-state index contributed by atoms with van der Waals surface area (Å²) in [6.07, 6.45) is 1.57. The molecule has 0 aliphatic carbocycles. The van der Waals surface area contributed by atoms with E-state index in [0.29, 0.717) is 17.1 Å². The fraction of sp³-hybridized carbons (Fsp3) is 0.391. The van der Waals surface area contributed by atoms with Crippen LogP contribution in [-0.4, -0.2) is 56.6 Å². The van der Waals surface area contributed by atoms with Gasteiger partial charge in [0.2, 0.25) is 21.8 Å². The molecule has 9 heteroatoms. The van der Waals surface area contributed by atoms with Gasteiger partial charge in [0.15, 0.2) is 0 Å². The fourth-order valence-electron chi connectivity index (χ4n) is 3.20. The van der Waals surface area contributed by atoms with Gasteiger partial charge in [-0.3, -0.25) is 13.9 Å². The predicted octanol–water partition coefficient (Wildman–Crippen LogP) is 3.09. The van der Waals surface area contributed by atoms with Crippen LogP contribution in [0, 0.1) is 0 Å². The summed E-state index contributed by atoms with van der Waals surface area (Å²) in [5, 5.41) is 3.27. The van der Waals surface area contributed by atoms with Crippen LogP contribution in [0.5, 0.6) is 0 Å². The topological polar surface area (TPSA) is 86.8 Å². The molecule has 0 aromatic heterocycles. The monoisotopic (exact) mass is 479 g/mol. The number of halogens is 1. The molecule has 0 fully saturated rings. The zero-order valence-electron chi connectivity index (χ0n) is 18.8. The molecular weight excluding hydrogens is 450 g/mol. The molecule has 0 bridgehead atoms. The van der Waals surface area contributed by atoms with E-state index in [0.717, 1.165) is 16.1 Å². The molecule has 0 saturated heterocycles. The molecule has 2 rings (SSSR count). The van der Waals surface area contributed by atoms with Crippen LogP contribution < -0.4 is 9.62 Å². The van der Waals surface area contributed by atoms with E-state index in [1.807, 2.05) is 44.2 Å². The fourth-order valence-corrected chi connectivity index (χ4v) is 4.17. The van der Waals surface area contributed by atoms with E-state index in [2.05, 4.69) is 5.32 Å². The highest BCUT2D eigenvalue weighted by Crippen LogP contribution is 2.21. The van der Waals surface area contributed by atoms with Crippen LogP contribution >= 0.6 is 11.6 Å². The summed E-state index contributed by atoms with van der Waals surface area (Å²) in [6.45, 7) is 5.18. The largest absolute Gasteiger partial charge is 0.352 e. The zero-order chi connectivity index (χ0) is 23.9. The van der Waals surface area contributed by atoms with Crippen molar-refractivity contribution in [2.75, 3.05) is 23.7 Å². The smallest absolute Gasteiger partial charge is 0.244 e. The summed E-state index contributed by atoms with van der Waals surface area (Å²) in [4.78, 5) is 27.4. The van der Waals surface area contributed by atoms with Crippen molar-refractivity contribution in [3.63, 3.8) is 0 Å². The number of nitrogens with zero attached hydrogens (tertiary/aromatic N) is 2. The van der Waals surface area contributed by atoms with Gasteiger partial charge in [-0.2, -0.15) is 0 Å². The molecule has 2 amide bonds. The first-order valence-corrected chi connectivity index (χ1v) is 12.6. The lowest BCUT2D eigenvalue weighted by molar-refractivity contribution is -0.139. The minimum atomic E-state index is -3.75. The van der Waals surface area contributed by atoms with Gasteiger partial charge in [-0.25, -0.2) is 8.42 Å². The highest BCUT2D eigenvalue weighted by molar-refractivity contribution is 7.92. The van der Waals surface area contributed by atoms with Crippen LogP contribution in [0.15, 0.2) is 54.6 Å². The first-order chi connectivity index (χ1) is 15.0. The average molecular weight is 480 g/mol. The number of benzene rings is 2. The van der Waals surface area contributed by atoms with Gasteiger partial charge in [-0.15, -0.1) is 0 Å². The van der Waals surface area contributed by atoms with Crippen molar-refractivity contribution < 1.29 is 18.0 Å². The lowest BCUT2D eigenvalue weighted by Crippen LogP contribution is -2.53. The second-order valence-corrected chi connectivity index (χ2v) is 10.3. The summed E-state index contributed by atoms with van der Waals surface area (Å²) in [5.74, 6) is -0.758. The van der Waals surface area contributed by atoms with E-state index in [9.17, 15) is 18.0 Å². The molecule has 2 aromatic rings. The summed E-state index contributed by atoms with van der Waals surface area (Å²) in [7, 11) is -3.75. The number of nitrogens with one attached hydrogen (secondary N) is 1. The van der Waals surface area contributed by atoms with Crippen LogP contribution in [0.25, 0.3) is 0 Å². The van der Waals surface area contributed by atoms with Crippen molar-refractivity contribution in [3.8, 4) is 0 Å². The number of carbonyl (C=O) groups is 2. The highest BCUT2D eigenvalue weighted by atomic mass is 35.5. The maximum absolute atomic E-state index is 13.3. The minimum Gasteiger partial charge on any atom is -0.352 e. The van der Waals surface area contributed by atoms with Crippen molar-refractivity contribution in [3.05, 3.63) is 65.2 Å². The Morgan fingerprint density at radius 1 is 1.00 bits per heavy atom. The molecule has 1 atom stereocenters. The molecule has 1 N–H and O–H groups in total. The molecule has 0 radical (unpaired) electrons. The quantitative estimate of drug-likeness (QED) is 0.567. The summed E-state index contributed by atoms with van der Waals surface area (Å²) in [6, 6.07) is 15.0. The van der Waals surface area contributed by atoms with E-state index < -0.39 is 28.5 Å².